The van der Waals surface area contributed by atoms with E-state index in [4.69, 9.17) is 28.6 Å². The van der Waals surface area contributed by atoms with E-state index < -0.39 is 0 Å². The molecule has 7 nitrogen and oxygen atoms in total. The lowest BCUT2D eigenvalue weighted by Gasteiger charge is -2.08. The Balaban J connectivity index is 1.29. The van der Waals surface area contributed by atoms with Crippen LogP contribution in [-0.4, -0.2) is 28.6 Å². The maximum Gasteiger partial charge on any atom is 0.155 e. The van der Waals surface area contributed by atoms with Crippen molar-refractivity contribution in [3.8, 4) is 39.3 Å². The predicted molar refractivity (Wildman–Crippen MR) is 140 cm³/mol. The molecule has 0 unspecified atom stereocenters. The van der Waals surface area contributed by atoms with Gasteiger partial charge in [0.1, 0.15) is 45.8 Å². The largest absolute Gasteiger partial charge is 0.497 e. The number of nitrogens with zero attached hydrogens (tertiary/aromatic N) is 3. The first-order valence-electron chi connectivity index (χ1n) is 11.4. The molecule has 0 spiro atoms. The van der Waals surface area contributed by atoms with E-state index in [0.29, 0.717) is 29.4 Å². The fraction of sp³-hybridized carbons (Fsp3) is 0.143. The summed E-state index contributed by atoms with van der Waals surface area (Å²) < 4.78 is 25.2. The SMILES string of the molecule is COc1cccc(-c2nc(COc3cc(OC)cc4oc(-c5cn6cc(C)ccc6n5)cc34)cs2)c1. The van der Waals surface area contributed by atoms with Crippen molar-refractivity contribution in [2.75, 3.05) is 14.2 Å². The number of hydrogen-bond donors (Lipinski definition) is 0. The van der Waals surface area contributed by atoms with Gasteiger partial charge in [0.05, 0.1) is 25.3 Å². The molecule has 0 radical (unpaired) electrons. The summed E-state index contributed by atoms with van der Waals surface area (Å²) in [5.41, 5.74) is 5.30. The maximum absolute atomic E-state index is 6.22. The van der Waals surface area contributed by atoms with Gasteiger partial charge in [-0.1, -0.05) is 18.2 Å². The first kappa shape index (κ1) is 22.2. The van der Waals surface area contributed by atoms with Crippen molar-refractivity contribution in [3.05, 3.63) is 83.6 Å². The molecule has 0 fully saturated rings. The van der Waals surface area contributed by atoms with Crippen LogP contribution in [0.3, 0.4) is 0 Å². The average Bonchev–Trinajstić information content (AvgIpc) is 3.64. The van der Waals surface area contributed by atoms with Crippen molar-refractivity contribution >= 4 is 28.0 Å². The summed E-state index contributed by atoms with van der Waals surface area (Å²) in [6.45, 7) is 2.37. The van der Waals surface area contributed by atoms with Crippen molar-refractivity contribution in [2.24, 2.45) is 0 Å². The minimum atomic E-state index is 0.316. The van der Waals surface area contributed by atoms with Crippen molar-refractivity contribution in [2.45, 2.75) is 13.5 Å². The smallest absolute Gasteiger partial charge is 0.155 e. The molecule has 6 aromatic rings. The summed E-state index contributed by atoms with van der Waals surface area (Å²) in [6, 6.07) is 17.6. The number of aromatic nitrogens is 3. The molecule has 0 atom stereocenters. The molecular weight excluding hydrogens is 474 g/mol. The van der Waals surface area contributed by atoms with Crippen LogP contribution in [0.25, 0.3) is 38.6 Å². The third kappa shape index (κ3) is 4.16. The summed E-state index contributed by atoms with van der Waals surface area (Å²) in [5.74, 6) is 2.78. The Morgan fingerprint density at radius 2 is 1.83 bits per heavy atom. The number of aryl methyl sites for hydroxylation is 1. The Hall–Kier alpha value is -4.30. The van der Waals surface area contributed by atoms with Crippen LogP contribution in [0.1, 0.15) is 11.3 Å². The Labute approximate surface area is 211 Å². The fourth-order valence-electron chi connectivity index (χ4n) is 4.08. The van der Waals surface area contributed by atoms with Gasteiger partial charge in [0, 0.05) is 35.5 Å². The monoisotopic (exact) mass is 497 g/mol. The van der Waals surface area contributed by atoms with Gasteiger partial charge in [0.25, 0.3) is 0 Å². The Morgan fingerprint density at radius 3 is 2.69 bits per heavy atom. The van der Waals surface area contributed by atoms with E-state index in [1.165, 1.54) is 0 Å². The second-order valence-electron chi connectivity index (χ2n) is 8.41. The predicted octanol–water partition coefficient (Wildman–Crippen LogP) is 6.78. The molecule has 4 heterocycles. The van der Waals surface area contributed by atoms with Crippen molar-refractivity contribution in [1.82, 2.24) is 14.4 Å². The number of ether oxygens (including phenoxy) is 3. The minimum Gasteiger partial charge on any atom is -0.497 e. The third-order valence-electron chi connectivity index (χ3n) is 5.90. The molecule has 0 saturated heterocycles. The average molecular weight is 498 g/mol. The van der Waals surface area contributed by atoms with E-state index in [9.17, 15) is 0 Å². The van der Waals surface area contributed by atoms with E-state index in [1.54, 1.807) is 25.6 Å². The molecule has 4 aromatic heterocycles. The lowest BCUT2D eigenvalue weighted by molar-refractivity contribution is 0.303. The molecule has 6 rings (SSSR count). The first-order chi connectivity index (χ1) is 17.6. The Bertz CT molecular complexity index is 1700. The van der Waals surface area contributed by atoms with E-state index in [-0.39, 0.29) is 0 Å². The van der Waals surface area contributed by atoms with Gasteiger partial charge in [-0.25, -0.2) is 9.97 Å². The van der Waals surface area contributed by atoms with Gasteiger partial charge in [0.15, 0.2) is 5.76 Å². The highest BCUT2D eigenvalue weighted by Crippen LogP contribution is 2.37. The first-order valence-corrected chi connectivity index (χ1v) is 12.3. The molecule has 0 aliphatic carbocycles. The highest BCUT2D eigenvalue weighted by Gasteiger charge is 2.16. The van der Waals surface area contributed by atoms with Gasteiger partial charge in [-0.3, -0.25) is 0 Å². The number of rotatable bonds is 7. The molecule has 0 bridgehead atoms. The van der Waals surface area contributed by atoms with Gasteiger partial charge in [-0.15, -0.1) is 11.3 Å². The van der Waals surface area contributed by atoms with Crippen LogP contribution in [0.5, 0.6) is 17.2 Å². The van der Waals surface area contributed by atoms with Crippen LogP contribution in [0.15, 0.2) is 76.8 Å². The van der Waals surface area contributed by atoms with Gasteiger partial charge >= 0.3 is 0 Å². The van der Waals surface area contributed by atoms with Crippen LogP contribution in [-0.2, 0) is 6.61 Å². The van der Waals surface area contributed by atoms with Crippen LogP contribution >= 0.6 is 11.3 Å². The summed E-state index contributed by atoms with van der Waals surface area (Å²) >= 11 is 1.57. The minimum absolute atomic E-state index is 0.316. The number of furan rings is 1. The number of methoxy groups -OCH3 is 2. The summed E-state index contributed by atoms with van der Waals surface area (Å²) in [5, 5.41) is 3.77. The molecule has 0 N–H and O–H groups in total. The Kier molecular flexibility index (Phi) is 5.58. The van der Waals surface area contributed by atoms with E-state index >= 15 is 0 Å². The fourth-order valence-corrected chi connectivity index (χ4v) is 4.88. The summed E-state index contributed by atoms with van der Waals surface area (Å²) in [6.07, 6.45) is 4.01. The second-order valence-corrected chi connectivity index (χ2v) is 9.27. The maximum atomic E-state index is 6.22. The standard InChI is InChI=1S/C28H23N3O4S/c1-17-7-8-27-30-23(14-31(27)13-17)26-12-22-24(10-21(33-3)11-25(22)35-26)34-15-19-16-36-28(29-19)18-5-4-6-20(9-18)32-2/h4-14,16H,15H2,1-3H3. The quantitative estimate of drug-likeness (QED) is 0.242. The van der Waals surface area contributed by atoms with E-state index in [1.807, 2.05) is 76.8 Å². The summed E-state index contributed by atoms with van der Waals surface area (Å²) in [7, 11) is 3.28. The number of imidazole rings is 1. The third-order valence-corrected chi connectivity index (χ3v) is 6.84. The molecule has 0 aliphatic rings. The van der Waals surface area contributed by atoms with Crippen molar-refractivity contribution < 1.29 is 18.6 Å². The lowest BCUT2D eigenvalue weighted by Crippen LogP contribution is -1.97. The lowest BCUT2D eigenvalue weighted by atomic mass is 10.2. The zero-order valence-electron chi connectivity index (χ0n) is 20.0. The van der Waals surface area contributed by atoms with Gasteiger partial charge < -0.3 is 23.0 Å². The van der Waals surface area contributed by atoms with E-state index in [2.05, 4.69) is 6.92 Å². The van der Waals surface area contributed by atoms with Crippen LogP contribution in [0.4, 0.5) is 0 Å². The molecule has 0 saturated carbocycles. The van der Waals surface area contributed by atoms with Crippen molar-refractivity contribution in [3.63, 3.8) is 0 Å². The number of pyridine rings is 1. The van der Waals surface area contributed by atoms with Crippen molar-refractivity contribution in [1.29, 1.82) is 0 Å². The zero-order chi connectivity index (χ0) is 24.6. The van der Waals surface area contributed by atoms with Gasteiger partial charge in [0.2, 0.25) is 0 Å². The number of benzene rings is 2. The van der Waals surface area contributed by atoms with Crippen LogP contribution < -0.4 is 14.2 Å². The number of hydrogen-bond acceptors (Lipinski definition) is 7. The summed E-state index contributed by atoms with van der Waals surface area (Å²) in [4.78, 5) is 9.46. The second kappa shape index (κ2) is 9.05. The molecule has 8 heteroatoms. The molecule has 36 heavy (non-hydrogen) atoms. The molecule has 2 aromatic carbocycles. The zero-order valence-corrected chi connectivity index (χ0v) is 20.8. The number of fused-ring (bicyclic) bond motifs is 2. The van der Waals surface area contributed by atoms with E-state index in [0.717, 1.165) is 44.3 Å². The molecule has 0 amide bonds. The molecular formula is C28H23N3O4S. The molecule has 180 valence electrons. The Morgan fingerprint density at radius 1 is 0.944 bits per heavy atom. The highest BCUT2D eigenvalue weighted by molar-refractivity contribution is 7.13. The van der Waals surface area contributed by atoms with Crippen LogP contribution in [0, 0.1) is 6.92 Å². The van der Waals surface area contributed by atoms with Gasteiger partial charge in [-0.2, -0.15) is 0 Å². The van der Waals surface area contributed by atoms with Gasteiger partial charge in [-0.05, 0) is 36.8 Å². The topological polar surface area (TPSA) is 71.0 Å². The number of thiazole rings is 1. The molecule has 0 aliphatic heterocycles. The normalized spacial score (nSPS) is 11.3. The van der Waals surface area contributed by atoms with Crippen LogP contribution in [0.2, 0.25) is 0 Å². The highest BCUT2D eigenvalue weighted by atomic mass is 32.1.